The minimum atomic E-state index is -3.63. The number of carbonyl (C=O) groups is 1. The molecule has 2 aliphatic heterocycles. The summed E-state index contributed by atoms with van der Waals surface area (Å²) >= 11 is 0. The molecular weight excluding hydrogens is 456 g/mol. The number of piperazine rings is 1. The van der Waals surface area contributed by atoms with Crippen molar-refractivity contribution < 1.29 is 22.7 Å². The van der Waals surface area contributed by atoms with E-state index in [1.807, 2.05) is 19.9 Å². The number of carbonyl (C=O) groups excluding carboxylic acids is 1. The summed E-state index contributed by atoms with van der Waals surface area (Å²) in [4.78, 5) is 17.5. The number of rotatable bonds is 12. The van der Waals surface area contributed by atoms with Crippen molar-refractivity contribution >= 4 is 27.3 Å². The van der Waals surface area contributed by atoms with Crippen LogP contribution in [0, 0.1) is 0 Å². The van der Waals surface area contributed by atoms with Crippen molar-refractivity contribution in [3.05, 3.63) is 18.2 Å². The summed E-state index contributed by atoms with van der Waals surface area (Å²) in [6, 6.07) is 5.07. The lowest BCUT2D eigenvalue weighted by Crippen LogP contribution is -2.46. The molecule has 2 aliphatic rings. The van der Waals surface area contributed by atoms with E-state index in [4.69, 9.17) is 9.47 Å². The molecule has 1 unspecified atom stereocenters. The fraction of sp³-hybridized carbons (Fsp3) is 0.708. The summed E-state index contributed by atoms with van der Waals surface area (Å²) in [6.07, 6.45) is 2.37. The van der Waals surface area contributed by atoms with E-state index in [1.54, 1.807) is 12.1 Å². The maximum absolute atomic E-state index is 13.1. The van der Waals surface area contributed by atoms with Crippen LogP contribution in [0.5, 0.6) is 0 Å². The smallest absolute Gasteiger partial charge is 0.243 e. The first kappa shape index (κ1) is 26.9. The minimum absolute atomic E-state index is 0.124. The first-order chi connectivity index (χ1) is 16.4. The first-order valence-electron chi connectivity index (χ1n) is 12.5. The lowest BCUT2D eigenvalue weighted by atomic mass is 10.2. The Balaban J connectivity index is 1.73. The molecule has 0 radical (unpaired) electrons. The van der Waals surface area contributed by atoms with Gasteiger partial charge in [-0.25, -0.2) is 8.42 Å². The highest BCUT2D eigenvalue weighted by Gasteiger charge is 2.25. The summed E-state index contributed by atoms with van der Waals surface area (Å²) in [6.45, 7) is 12.7. The van der Waals surface area contributed by atoms with Gasteiger partial charge in [0.25, 0.3) is 0 Å². The monoisotopic (exact) mass is 496 g/mol. The van der Waals surface area contributed by atoms with E-state index in [0.717, 1.165) is 57.9 Å². The maximum atomic E-state index is 13.1. The zero-order valence-corrected chi connectivity index (χ0v) is 21.6. The molecule has 1 N–H and O–H groups in total. The Hall–Kier alpha value is -1.72. The molecule has 0 aromatic heterocycles. The van der Waals surface area contributed by atoms with Crippen molar-refractivity contribution in [2.24, 2.45) is 0 Å². The summed E-state index contributed by atoms with van der Waals surface area (Å²) in [5.74, 6) is -0.196. The second-order valence-electron chi connectivity index (χ2n) is 8.70. The van der Waals surface area contributed by atoms with E-state index >= 15 is 0 Å². The Morgan fingerprint density at radius 2 is 1.91 bits per heavy atom. The first-order valence-corrected chi connectivity index (χ1v) is 13.9. The molecule has 2 heterocycles. The van der Waals surface area contributed by atoms with Crippen LogP contribution in [0.15, 0.2) is 23.1 Å². The number of hydrogen-bond acceptors (Lipinski definition) is 7. The normalized spacial score (nSPS) is 19.6. The SMILES string of the molecule is CCN1CCN(c2ccc(S(=O)(=O)N(CC)CC)cc2NC(=O)CCOCC2CCCO2)CC1. The maximum Gasteiger partial charge on any atom is 0.243 e. The van der Waals surface area contributed by atoms with Gasteiger partial charge in [-0.05, 0) is 37.6 Å². The number of nitrogens with one attached hydrogen (secondary N) is 1. The second-order valence-corrected chi connectivity index (χ2v) is 10.6. The van der Waals surface area contributed by atoms with Crippen molar-refractivity contribution in [2.45, 2.75) is 51.0 Å². The molecule has 1 atom stereocenters. The Kier molecular flexibility index (Phi) is 10.1. The van der Waals surface area contributed by atoms with E-state index in [-0.39, 0.29) is 23.3 Å². The molecule has 34 heavy (non-hydrogen) atoms. The quantitative estimate of drug-likeness (QED) is 0.444. The molecule has 0 aliphatic carbocycles. The third-order valence-electron chi connectivity index (χ3n) is 6.55. The van der Waals surface area contributed by atoms with Crippen LogP contribution in [0.1, 0.15) is 40.0 Å². The third kappa shape index (κ3) is 6.91. The second kappa shape index (κ2) is 12.8. The van der Waals surface area contributed by atoms with Gasteiger partial charge >= 0.3 is 0 Å². The summed E-state index contributed by atoms with van der Waals surface area (Å²) in [7, 11) is -3.63. The molecule has 2 fully saturated rings. The lowest BCUT2D eigenvalue weighted by Gasteiger charge is -2.36. The number of benzene rings is 1. The van der Waals surface area contributed by atoms with Crippen molar-refractivity contribution in [2.75, 3.05) is 75.9 Å². The minimum Gasteiger partial charge on any atom is -0.378 e. The van der Waals surface area contributed by atoms with Crippen LogP contribution in [-0.4, -0.2) is 95.3 Å². The van der Waals surface area contributed by atoms with E-state index in [2.05, 4.69) is 22.0 Å². The average molecular weight is 497 g/mol. The van der Waals surface area contributed by atoms with E-state index in [9.17, 15) is 13.2 Å². The van der Waals surface area contributed by atoms with Gasteiger partial charge in [0.1, 0.15) is 0 Å². The van der Waals surface area contributed by atoms with Crippen LogP contribution < -0.4 is 10.2 Å². The van der Waals surface area contributed by atoms with E-state index < -0.39 is 10.0 Å². The summed E-state index contributed by atoms with van der Waals surface area (Å²) < 4.78 is 38.8. The fourth-order valence-electron chi connectivity index (χ4n) is 4.44. The number of anilines is 2. The van der Waals surface area contributed by atoms with Crippen LogP contribution in [0.2, 0.25) is 0 Å². The van der Waals surface area contributed by atoms with Crippen LogP contribution >= 0.6 is 0 Å². The van der Waals surface area contributed by atoms with Gasteiger partial charge < -0.3 is 24.6 Å². The molecule has 10 heteroatoms. The predicted molar refractivity (Wildman–Crippen MR) is 134 cm³/mol. The lowest BCUT2D eigenvalue weighted by molar-refractivity contribution is -0.117. The fourth-order valence-corrected chi connectivity index (χ4v) is 5.92. The zero-order valence-electron chi connectivity index (χ0n) is 20.8. The number of nitrogens with zero attached hydrogens (tertiary/aromatic N) is 3. The molecule has 0 saturated carbocycles. The van der Waals surface area contributed by atoms with E-state index in [0.29, 0.717) is 32.0 Å². The van der Waals surface area contributed by atoms with Gasteiger partial charge in [0.15, 0.2) is 0 Å². The average Bonchev–Trinajstić information content (AvgIpc) is 3.36. The van der Waals surface area contributed by atoms with Crippen LogP contribution in [0.4, 0.5) is 11.4 Å². The molecule has 192 valence electrons. The molecule has 2 saturated heterocycles. The van der Waals surface area contributed by atoms with Crippen molar-refractivity contribution in [1.82, 2.24) is 9.21 Å². The van der Waals surface area contributed by atoms with E-state index in [1.165, 1.54) is 4.31 Å². The van der Waals surface area contributed by atoms with Crippen molar-refractivity contribution in [3.63, 3.8) is 0 Å². The molecule has 1 aromatic rings. The summed E-state index contributed by atoms with van der Waals surface area (Å²) in [5.41, 5.74) is 1.38. The van der Waals surface area contributed by atoms with Crippen molar-refractivity contribution in [3.8, 4) is 0 Å². The standard InChI is InChI=1S/C24H40N4O5S/c1-4-26-12-14-27(15-13-26)23-10-9-21(34(30,31)28(5-2)6-3)18-22(23)25-24(29)11-17-32-19-20-8-7-16-33-20/h9-10,18,20H,4-8,11-17,19H2,1-3H3,(H,25,29). The topological polar surface area (TPSA) is 91.4 Å². The molecule has 9 nitrogen and oxygen atoms in total. The Morgan fingerprint density at radius 1 is 1.18 bits per heavy atom. The number of sulfonamides is 1. The summed E-state index contributed by atoms with van der Waals surface area (Å²) in [5, 5.41) is 2.96. The van der Waals surface area contributed by atoms with Gasteiger partial charge in [-0.1, -0.05) is 20.8 Å². The number of amides is 1. The molecule has 3 rings (SSSR count). The highest BCUT2D eigenvalue weighted by atomic mass is 32.2. The molecule has 0 bridgehead atoms. The molecule has 1 amide bonds. The molecular formula is C24H40N4O5S. The Bertz CT molecular complexity index is 893. The number of ether oxygens (including phenoxy) is 2. The third-order valence-corrected chi connectivity index (χ3v) is 8.59. The Morgan fingerprint density at radius 3 is 2.53 bits per heavy atom. The van der Waals surface area contributed by atoms with Gasteiger partial charge in [-0.2, -0.15) is 4.31 Å². The Labute approximate surface area is 204 Å². The number of hydrogen-bond donors (Lipinski definition) is 1. The highest BCUT2D eigenvalue weighted by molar-refractivity contribution is 7.89. The molecule has 1 aromatic carbocycles. The highest BCUT2D eigenvalue weighted by Crippen LogP contribution is 2.31. The van der Waals surface area contributed by atoms with Gasteiger partial charge in [0.2, 0.25) is 15.9 Å². The van der Waals surface area contributed by atoms with Gasteiger partial charge in [-0.15, -0.1) is 0 Å². The zero-order chi connectivity index (χ0) is 24.6. The van der Waals surface area contributed by atoms with Crippen LogP contribution in [0.3, 0.4) is 0 Å². The van der Waals surface area contributed by atoms with Crippen molar-refractivity contribution in [1.29, 1.82) is 0 Å². The van der Waals surface area contributed by atoms with Gasteiger partial charge in [-0.3, -0.25) is 4.79 Å². The van der Waals surface area contributed by atoms with Crippen LogP contribution in [0.25, 0.3) is 0 Å². The largest absolute Gasteiger partial charge is 0.378 e. The predicted octanol–water partition coefficient (Wildman–Crippen LogP) is 2.38. The molecule has 0 spiro atoms. The van der Waals surface area contributed by atoms with Crippen LogP contribution in [-0.2, 0) is 24.3 Å². The van der Waals surface area contributed by atoms with Gasteiger partial charge in [0.05, 0.1) is 42.0 Å². The number of likely N-dealkylation sites (N-methyl/N-ethyl adjacent to an activating group) is 1. The van der Waals surface area contributed by atoms with Gasteiger partial charge in [0, 0.05) is 45.9 Å².